The molecule has 0 aliphatic carbocycles. The first-order valence-electron chi connectivity index (χ1n) is 4.76. The van der Waals surface area contributed by atoms with E-state index in [0.717, 1.165) is 0 Å². The Morgan fingerprint density at radius 1 is 0.950 bits per heavy atom. The average molecular weight is 354 g/mol. The van der Waals surface area contributed by atoms with Crippen LogP contribution in [0.1, 0.15) is 13.3 Å². The van der Waals surface area contributed by atoms with E-state index in [2.05, 4.69) is 17.0 Å². The Morgan fingerprint density at radius 2 is 1.40 bits per heavy atom. The predicted octanol–water partition coefficient (Wildman–Crippen LogP) is 4.86. The maximum absolute atomic E-state index is 13.0. The minimum atomic E-state index is -6.92. The third-order valence-corrected chi connectivity index (χ3v) is 2.92. The third-order valence-electron chi connectivity index (χ3n) is 1.75. The van der Waals surface area contributed by atoms with Gasteiger partial charge in [0.1, 0.15) is 0 Å². The fraction of sp³-hybridized carbons (Fsp3) is 0.875. The first kappa shape index (κ1) is 19.6. The van der Waals surface area contributed by atoms with E-state index in [-0.39, 0.29) is 13.0 Å². The molecule has 0 amide bonds. The Kier molecular flexibility index (Phi) is 6.04. The van der Waals surface area contributed by atoms with Crippen molar-refractivity contribution in [3.8, 4) is 0 Å². The van der Waals surface area contributed by atoms with Crippen LogP contribution >= 0.6 is 24.0 Å². The third kappa shape index (κ3) is 3.83. The molecule has 120 valence electrons. The molecular formula is C8H7F9OS2. The molecule has 0 unspecified atom stereocenters. The molecule has 1 nitrogen and oxygen atoms in total. The molecule has 20 heavy (non-hydrogen) atoms. The summed E-state index contributed by atoms with van der Waals surface area (Å²) in [6, 6.07) is 0. The Morgan fingerprint density at radius 3 is 1.75 bits per heavy atom. The highest BCUT2D eigenvalue weighted by molar-refractivity contribution is 8.23. The molecule has 0 aliphatic heterocycles. The van der Waals surface area contributed by atoms with Gasteiger partial charge in [-0.3, -0.25) is 0 Å². The first-order valence-corrected chi connectivity index (χ1v) is 5.99. The van der Waals surface area contributed by atoms with Gasteiger partial charge in [0.2, 0.25) is 4.38 Å². The number of alkyl halides is 9. The van der Waals surface area contributed by atoms with Gasteiger partial charge in [0.25, 0.3) is 0 Å². The highest BCUT2D eigenvalue weighted by Gasteiger charge is 2.82. The lowest BCUT2D eigenvalue weighted by Crippen LogP contribution is -2.59. The van der Waals surface area contributed by atoms with E-state index in [9.17, 15) is 39.5 Å². The maximum atomic E-state index is 13.0. The molecule has 0 fully saturated rings. The molecule has 0 radical (unpaired) electrons. The van der Waals surface area contributed by atoms with Gasteiger partial charge in [-0.1, -0.05) is 6.92 Å². The Hall–Kier alpha value is -0.390. The number of hydrogen-bond acceptors (Lipinski definition) is 3. The number of ether oxygens (including phenoxy) is 1. The van der Waals surface area contributed by atoms with Gasteiger partial charge in [0.15, 0.2) is 0 Å². The van der Waals surface area contributed by atoms with Crippen LogP contribution in [0.2, 0.25) is 0 Å². The zero-order valence-electron chi connectivity index (χ0n) is 9.54. The number of hydrogen-bond donors (Lipinski definition) is 0. The van der Waals surface area contributed by atoms with E-state index in [1.807, 2.05) is 0 Å². The predicted molar refractivity (Wildman–Crippen MR) is 57.3 cm³/mol. The van der Waals surface area contributed by atoms with E-state index in [1.165, 1.54) is 6.92 Å². The van der Waals surface area contributed by atoms with Crippen LogP contribution in [-0.4, -0.2) is 34.3 Å². The van der Waals surface area contributed by atoms with Crippen LogP contribution in [0.5, 0.6) is 0 Å². The molecule has 12 heteroatoms. The van der Waals surface area contributed by atoms with Gasteiger partial charge in [-0.2, -0.15) is 39.5 Å². The highest BCUT2D eigenvalue weighted by atomic mass is 32.2. The summed E-state index contributed by atoms with van der Waals surface area (Å²) in [5.74, 6) is -13.6. The Bertz CT molecular complexity index is 352. The van der Waals surface area contributed by atoms with Crippen molar-refractivity contribution in [2.75, 3.05) is 6.61 Å². The summed E-state index contributed by atoms with van der Waals surface area (Å²) in [6.07, 6.45) is -6.60. The fourth-order valence-corrected chi connectivity index (χ4v) is 1.75. The monoisotopic (exact) mass is 354 g/mol. The van der Waals surface area contributed by atoms with E-state index < -0.39 is 39.4 Å². The van der Waals surface area contributed by atoms with Crippen molar-refractivity contribution in [1.82, 2.24) is 0 Å². The molecule has 0 bridgehead atoms. The number of thiocarbonyl (C=S) groups is 1. The van der Waals surface area contributed by atoms with E-state index in [4.69, 9.17) is 0 Å². The molecule has 0 rings (SSSR count). The lowest BCUT2D eigenvalue weighted by molar-refractivity contribution is -0.381. The van der Waals surface area contributed by atoms with Crippen LogP contribution in [-0.2, 0) is 4.74 Å². The molecule has 0 saturated heterocycles. The van der Waals surface area contributed by atoms with Gasteiger partial charge < -0.3 is 4.74 Å². The van der Waals surface area contributed by atoms with E-state index in [0.29, 0.717) is 0 Å². The molecular weight excluding hydrogens is 347 g/mol. The summed E-state index contributed by atoms with van der Waals surface area (Å²) < 4.78 is 115. The van der Waals surface area contributed by atoms with Gasteiger partial charge in [0, 0.05) is 11.8 Å². The minimum Gasteiger partial charge on any atom is -0.478 e. The quantitative estimate of drug-likeness (QED) is 0.516. The van der Waals surface area contributed by atoms with Crippen LogP contribution in [0.25, 0.3) is 0 Å². The molecule has 0 aromatic rings. The minimum absolute atomic E-state index is 0.237. The number of halogens is 9. The molecule has 0 heterocycles. The zero-order valence-corrected chi connectivity index (χ0v) is 11.2. The van der Waals surface area contributed by atoms with Crippen molar-refractivity contribution < 1.29 is 44.3 Å². The number of thioether (sulfide) groups is 1. The summed E-state index contributed by atoms with van der Waals surface area (Å²) >= 11 is 2.69. The lowest BCUT2D eigenvalue weighted by Gasteiger charge is -2.32. The molecule has 0 aromatic carbocycles. The van der Waals surface area contributed by atoms with Gasteiger partial charge in [0.05, 0.1) is 6.61 Å². The molecule has 0 saturated carbocycles. The molecule has 0 N–H and O–H groups in total. The maximum Gasteiger partial charge on any atom is 0.460 e. The Balaban J connectivity index is 5.21. The van der Waals surface area contributed by atoms with Crippen molar-refractivity contribution in [3.63, 3.8) is 0 Å². The van der Waals surface area contributed by atoms with Crippen molar-refractivity contribution in [3.05, 3.63) is 0 Å². The van der Waals surface area contributed by atoms with E-state index in [1.54, 1.807) is 0 Å². The largest absolute Gasteiger partial charge is 0.478 e. The van der Waals surface area contributed by atoms with Crippen molar-refractivity contribution >= 4 is 28.4 Å². The standard InChI is InChI=1S/C8H7F9OS2/c1-2-3-18-4(19)20-8(16,17)6(11,12)5(9,10)7(13,14)15/h2-3H2,1H3. The van der Waals surface area contributed by atoms with Gasteiger partial charge in [-0.05, 0) is 18.6 Å². The fourth-order valence-electron chi connectivity index (χ4n) is 0.744. The van der Waals surface area contributed by atoms with Crippen molar-refractivity contribution in [2.45, 2.75) is 36.6 Å². The summed E-state index contributed by atoms with van der Waals surface area (Å²) in [4.78, 5) is 0. The van der Waals surface area contributed by atoms with Gasteiger partial charge in [-0.25, -0.2) is 0 Å². The summed E-state index contributed by atoms with van der Waals surface area (Å²) in [5.41, 5.74) is 0. The normalized spacial score (nSPS) is 14.3. The van der Waals surface area contributed by atoms with Crippen LogP contribution in [0.15, 0.2) is 0 Å². The number of rotatable bonds is 5. The summed E-state index contributed by atoms with van der Waals surface area (Å²) in [5, 5.41) is -5.79. The summed E-state index contributed by atoms with van der Waals surface area (Å²) in [6.45, 7) is 1.22. The molecule has 0 atom stereocenters. The topological polar surface area (TPSA) is 9.23 Å². The van der Waals surface area contributed by atoms with E-state index >= 15 is 0 Å². The molecule has 0 spiro atoms. The van der Waals surface area contributed by atoms with Crippen molar-refractivity contribution in [2.24, 2.45) is 0 Å². The van der Waals surface area contributed by atoms with Crippen LogP contribution in [0, 0.1) is 0 Å². The van der Waals surface area contributed by atoms with Crippen LogP contribution < -0.4 is 0 Å². The van der Waals surface area contributed by atoms with Gasteiger partial charge in [-0.15, -0.1) is 0 Å². The highest BCUT2D eigenvalue weighted by Crippen LogP contribution is 2.56. The lowest BCUT2D eigenvalue weighted by atomic mass is 10.1. The SMILES string of the molecule is CCCOC(=S)SC(F)(F)C(F)(F)C(F)(F)C(F)(F)F. The second kappa shape index (κ2) is 6.16. The Labute approximate surface area is 116 Å². The van der Waals surface area contributed by atoms with Gasteiger partial charge >= 0.3 is 23.3 Å². The second-order valence-corrected chi connectivity index (χ2v) is 5.08. The van der Waals surface area contributed by atoms with Crippen LogP contribution in [0.4, 0.5) is 39.5 Å². The summed E-state index contributed by atoms with van der Waals surface area (Å²) in [7, 11) is 0. The molecule has 0 aliphatic rings. The average Bonchev–Trinajstić information content (AvgIpc) is 2.23. The zero-order chi connectivity index (χ0) is 16.4. The second-order valence-electron chi connectivity index (χ2n) is 3.36. The van der Waals surface area contributed by atoms with Crippen LogP contribution in [0.3, 0.4) is 0 Å². The molecule has 0 aromatic heterocycles. The first-order chi connectivity index (χ1) is 8.70. The van der Waals surface area contributed by atoms with Crippen molar-refractivity contribution in [1.29, 1.82) is 0 Å². The smallest absolute Gasteiger partial charge is 0.460 e.